The lowest BCUT2D eigenvalue weighted by Crippen LogP contribution is -2.53. The average Bonchev–Trinajstić information content (AvgIpc) is 3.38. The first-order valence-electron chi connectivity index (χ1n) is 13.9. The maximum Gasteiger partial charge on any atom is 0.270 e. The van der Waals surface area contributed by atoms with Gasteiger partial charge in [-0.05, 0) is 77.0 Å². The molecule has 0 radical (unpaired) electrons. The van der Waals surface area contributed by atoms with Gasteiger partial charge in [-0.3, -0.25) is 4.79 Å². The Bertz CT molecular complexity index is 1250. The smallest absolute Gasteiger partial charge is 0.270 e. The summed E-state index contributed by atoms with van der Waals surface area (Å²) in [6.07, 6.45) is 6.61. The zero-order valence-corrected chi connectivity index (χ0v) is 23.5. The van der Waals surface area contributed by atoms with E-state index in [4.69, 9.17) is 5.73 Å². The van der Waals surface area contributed by atoms with Crippen LogP contribution < -0.4 is 11.1 Å². The first-order valence-corrected chi connectivity index (χ1v) is 14.7. The highest BCUT2D eigenvalue weighted by Crippen LogP contribution is 2.57. The van der Waals surface area contributed by atoms with Crippen molar-refractivity contribution in [2.24, 2.45) is 17.1 Å². The molecule has 0 bridgehead atoms. The molecule has 0 aliphatic heterocycles. The minimum Gasteiger partial charge on any atom is -0.350 e. The molecule has 4 atom stereocenters. The highest BCUT2D eigenvalue weighted by molar-refractivity contribution is 7.09. The molecule has 1 amide bonds. The van der Waals surface area contributed by atoms with E-state index in [-0.39, 0.29) is 22.8 Å². The van der Waals surface area contributed by atoms with Gasteiger partial charge in [-0.2, -0.15) is 0 Å². The lowest BCUT2D eigenvalue weighted by atomic mass is 9.49. The van der Waals surface area contributed by atoms with E-state index in [1.165, 1.54) is 41.7 Å². The summed E-state index contributed by atoms with van der Waals surface area (Å²) in [4.78, 5) is 17.8. The molecule has 0 saturated heterocycles. The quantitative estimate of drug-likeness (QED) is 0.358. The number of benzene rings is 2. The lowest BCUT2D eigenvalue weighted by molar-refractivity contribution is 0.0254. The number of carbonyl (C=O) groups excluding carboxylic acids is 1. The van der Waals surface area contributed by atoms with Gasteiger partial charge in [0.15, 0.2) is 0 Å². The number of nitrogens with two attached hydrogens (primary N) is 1. The number of nitrogens with zero attached hydrogens (tertiary/aromatic N) is 1. The molecule has 2 aliphatic rings. The highest BCUT2D eigenvalue weighted by Gasteiger charge is 2.51. The van der Waals surface area contributed by atoms with Gasteiger partial charge in [0, 0.05) is 11.9 Å². The number of rotatable bonds is 7. The molecule has 37 heavy (non-hydrogen) atoms. The Morgan fingerprint density at radius 1 is 1.16 bits per heavy atom. The highest BCUT2D eigenvalue weighted by atomic mass is 32.1. The molecule has 2 aliphatic carbocycles. The van der Waals surface area contributed by atoms with E-state index in [0.29, 0.717) is 30.5 Å². The minimum absolute atomic E-state index is 0.0691. The normalized spacial score (nSPS) is 25.8. The second kappa shape index (κ2) is 10.3. The summed E-state index contributed by atoms with van der Waals surface area (Å²) >= 11 is 1.48. The van der Waals surface area contributed by atoms with E-state index in [2.05, 4.69) is 68.3 Å². The van der Waals surface area contributed by atoms with Crippen LogP contribution in [0.2, 0.25) is 0 Å². The number of amides is 1. The topological polar surface area (TPSA) is 68.0 Å². The molecule has 5 rings (SSSR count). The number of aromatic nitrogens is 1. The molecule has 1 aromatic heterocycles. The van der Waals surface area contributed by atoms with Crippen LogP contribution in [0.25, 0.3) is 0 Å². The summed E-state index contributed by atoms with van der Waals surface area (Å²) in [6, 6.07) is 17.2. The molecular formula is C32H41N3OS. The van der Waals surface area contributed by atoms with Gasteiger partial charge in [0.05, 0.1) is 6.04 Å². The van der Waals surface area contributed by atoms with Crippen LogP contribution in [0.4, 0.5) is 0 Å². The lowest BCUT2D eigenvalue weighted by Gasteiger charge is -2.55. The van der Waals surface area contributed by atoms with Crippen LogP contribution in [0.15, 0.2) is 53.9 Å². The first-order chi connectivity index (χ1) is 17.7. The van der Waals surface area contributed by atoms with Gasteiger partial charge in [-0.1, -0.05) is 82.6 Å². The van der Waals surface area contributed by atoms with Crippen molar-refractivity contribution >= 4 is 17.2 Å². The molecular weight excluding hydrogens is 474 g/mol. The minimum atomic E-state index is -0.205. The van der Waals surface area contributed by atoms with Crippen molar-refractivity contribution in [2.75, 3.05) is 6.54 Å². The van der Waals surface area contributed by atoms with Crippen LogP contribution in [-0.4, -0.2) is 17.4 Å². The van der Waals surface area contributed by atoms with Gasteiger partial charge >= 0.3 is 0 Å². The Morgan fingerprint density at radius 3 is 2.70 bits per heavy atom. The predicted molar refractivity (Wildman–Crippen MR) is 153 cm³/mol. The summed E-state index contributed by atoms with van der Waals surface area (Å²) < 4.78 is 0. The van der Waals surface area contributed by atoms with E-state index in [9.17, 15) is 4.79 Å². The molecule has 4 nitrogen and oxygen atoms in total. The van der Waals surface area contributed by atoms with E-state index in [1.807, 2.05) is 23.6 Å². The van der Waals surface area contributed by atoms with Gasteiger partial charge in [0.2, 0.25) is 0 Å². The fourth-order valence-electron chi connectivity index (χ4n) is 7.10. The maximum atomic E-state index is 13.2. The molecule has 2 aromatic carbocycles. The molecule has 0 spiro atoms. The Labute approximate surface area is 226 Å². The van der Waals surface area contributed by atoms with Crippen molar-refractivity contribution in [3.05, 3.63) is 86.9 Å². The van der Waals surface area contributed by atoms with Crippen molar-refractivity contribution in [1.29, 1.82) is 0 Å². The maximum absolute atomic E-state index is 13.2. The van der Waals surface area contributed by atoms with Crippen LogP contribution in [0.5, 0.6) is 0 Å². The third kappa shape index (κ3) is 5.13. The van der Waals surface area contributed by atoms with Gasteiger partial charge in [0.25, 0.3) is 5.91 Å². The summed E-state index contributed by atoms with van der Waals surface area (Å²) in [5, 5.41) is 5.94. The second-order valence-corrected chi connectivity index (χ2v) is 13.0. The SMILES string of the molecule is CC(C)c1ccc2c(c1)CCC1C(C)(CNC(=O)c3csc(C(N)Cc4ccccc4)n3)CCCC21C. The fourth-order valence-corrected chi connectivity index (χ4v) is 7.91. The van der Waals surface area contributed by atoms with E-state index in [0.717, 1.165) is 17.8 Å². The van der Waals surface area contributed by atoms with Gasteiger partial charge < -0.3 is 11.1 Å². The third-order valence-corrected chi connectivity index (χ3v) is 10.2. The fraction of sp³-hybridized carbons (Fsp3) is 0.500. The first kappa shape index (κ1) is 26.1. The molecule has 196 valence electrons. The largest absolute Gasteiger partial charge is 0.350 e. The predicted octanol–water partition coefficient (Wildman–Crippen LogP) is 6.95. The van der Waals surface area contributed by atoms with Crippen LogP contribution in [0, 0.1) is 11.3 Å². The van der Waals surface area contributed by atoms with E-state index in [1.54, 1.807) is 11.1 Å². The zero-order valence-electron chi connectivity index (χ0n) is 22.7. The van der Waals surface area contributed by atoms with E-state index >= 15 is 0 Å². The molecule has 1 fully saturated rings. The van der Waals surface area contributed by atoms with Crippen LogP contribution in [-0.2, 0) is 18.3 Å². The Morgan fingerprint density at radius 2 is 1.95 bits per heavy atom. The van der Waals surface area contributed by atoms with Crippen molar-refractivity contribution in [1.82, 2.24) is 10.3 Å². The molecule has 4 unspecified atom stereocenters. The van der Waals surface area contributed by atoms with Crippen LogP contribution >= 0.6 is 11.3 Å². The van der Waals surface area contributed by atoms with Crippen molar-refractivity contribution in [3.8, 4) is 0 Å². The third-order valence-electron chi connectivity index (χ3n) is 9.19. The summed E-state index contributed by atoms with van der Waals surface area (Å²) in [7, 11) is 0. The average molecular weight is 516 g/mol. The number of fused-ring (bicyclic) bond motifs is 3. The number of nitrogens with one attached hydrogen (secondary N) is 1. The monoisotopic (exact) mass is 515 g/mol. The number of hydrogen-bond acceptors (Lipinski definition) is 4. The summed E-state index contributed by atoms with van der Waals surface area (Å²) in [6.45, 7) is 10.1. The van der Waals surface area contributed by atoms with Crippen LogP contribution in [0.3, 0.4) is 0 Å². The molecule has 5 heteroatoms. The summed E-state index contributed by atoms with van der Waals surface area (Å²) in [5.74, 6) is 1.03. The molecule has 3 aromatic rings. The molecule has 3 N–H and O–H groups in total. The number of thiazole rings is 1. The van der Waals surface area contributed by atoms with Gasteiger partial charge in [-0.25, -0.2) is 4.98 Å². The van der Waals surface area contributed by atoms with Crippen molar-refractivity contribution in [2.45, 2.75) is 83.6 Å². The van der Waals surface area contributed by atoms with Crippen molar-refractivity contribution in [3.63, 3.8) is 0 Å². The van der Waals surface area contributed by atoms with Gasteiger partial charge in [-0.15, -0.1) is 11.3 Å². The Hall–Kier alpha value is -2.50. The number of hydrogen-bond donors (Lipinski definition) is 2. The second-order valence-electron chi connectivity index (χ2n) is 12.1. The standard InChI is InChI=1S/C32H41N3OS/c1-21(2)23-11-13-25-24(18-23)12-14-28-31(3,15-8-16-32(25,28)4)20-34-29(36)27-19-37-30(35-27)26(33)17-22-9-6-5-7-10-22/h5-7,9-11,13,18-19,21,26,28H,8,12,14-17,20,33H2,1-4H3,(H,34,36). The Balaban J connectivity index is 1.27. The number of aryl methyl sites for hydroxylation is 1. The molecule has 1 heterocycles. The summed E-state index contributed by atoms with van der Waals surface area (Å²) in [5.41, 5.74) is 12.8. The number of carbonyl (C=O) groups is 1. The zero-order chi connectivity index (χ0) is 26.2. The van der Waals surface area contributed by atoms with Crippen LogP contribution in [0.1, 0.15) is 103 Å². The van der Waals surface area contributed by atoms with Crippen molar-refractivity contribution < 1.29 is 4.79 Å². The van der Waals surface area contributed by atoms with Gasteiger partial charge in [0.1, 0.15) is 10.7 Å². The van der Waals surface area contributed by atoms with E-state index < -0.39 is 0 Å². The Kier molecular flexibility index (Phi) is 7.30. The molecule has 1 saturated carbocycles.